The van der Waals surface area contributed by atoms with Crippen LogP contribution in [0.2, 0.25) is 0 Å². The topological polar surface area (TPSA) is 43.4 Å². The van der Waals surface area contributed by atoms with E-state index in [1.807, 2.05) is 0 Å². The van der Waals surface area contributed by atoms with Crippen LogP contribution >= 0.6 is 23.1 Å². The van der Waals surface area contributed by atoms with Gasteiger partial charge in [-0.15, -0.1) is 23.1 Å². The molecule has 1 atom stereocenters. The number of ether oxygens (including phenoxy) is 1. The summed E-state index contributed by atoms with van der Waals surface area (Å²) in [5.74, 6) is 1.10. The Balaban J connectivity index is 2.48. The summed E-state index contributed by atoms with van der Waals surface area (Å²) in [5.41, 5.74) is 1.71. The number of hydrogen-bond donors (Lipinski definition) is 0. The second-order valence-corrected chi connectivity index (χ2v) is 7.22. The fourth-order valence-corrected chi connectivity index (χ4v) is 4.81. The van der Waals surface area contributed by atoms with E-state index in [4.69, 9.17) is 4.74 Å². The highest BCUT2D eigenvalue weighted by atomic mass is 32.2. The van der Waals surface area contributed by atoms with E-state index in [-0.39, 0.29) is 11.8 Å². The molecular formula is C14H18O3S2. The van der Waals surface area contributed by atoms with Gasteiger partial charge in [-0.05, 0) is 30.6 Å². The molecular weight excluding hydrogens is 280 g/mol. The minimum atomic E-state index is -0.284. The Bertz CT molecular complexity index is 505. The second-order valence-electron chi connectivity index (χ2n) is 4.66. The molecule has 0 radical (unpaired) electrons. The highest BCUT2D eigenvalue weighted by molar-refractivity contribution is 8.01. The van der Waals surface area contributed by atoms with Crippen LogP contribution in [0.1, 0.15) is 52.8 Å². The molecule has 5 heteroatoms. The zero-order chi connectivity index (χ0) is 14.0. The van der Waals surface area contributed by atoms with Crippen LogP contribution in [-0.4, -0.2) is 24.1 Å². The van der Waals surface area contributed by atoms with E-state index in [9.17, 15) is 9.59 Å². The van der Waals surface area contributed by atoms with Crippen LogP contribution in [0.5, 0.6) is 0 Å². The minimum absolute atomic E-state index is 0.177. The number of fused-ring (bicyclic) bond motifs is 1. The molecule has 104 valence electrons. The molecule has 0 spiro atoms. The van der Waals surface area contributed by atoms with E-state index in [1.165, 1.54) is 11.3 Å². The fraction of sp³-hybridized carbons (Fsp3) is 0.571. The van der Waals surface area contributed by atoms with Crippen LogP contribution in [0, 0.1) is 5.92 Å². The first-order valence-corrected chi connectivity index (χ1v) is 8.37. The average molecular weight is 298 g/mol. The normalized spacial score (nSPS) is 18.3. The zero-order valence-corrected chi connectivity index (χ0v) is 13.1. The van der Waals surface area contributed by atoms with E-state index in [2.05, 4.69) is 13.8 Å². The molecule has 0 bridgehead atoms. The monoisotopic (exact) mass is 298 g/mol. The van der Waals surface area contributed by atoms with Crippen molar-refractivity contribution in [3.05, 3.63) is 16.0 Å². The quantitative estimate of drug-likeness (QED) is 0.626. The van der Waals surface area contributed by atoms with Crippen molar-refractivity contribution in [3.8, 4) is 0 Å². The Labute approximate surface area is 121 Å². The molecule has 0 N–H and O–H groups in total. The third-order valence-electron chi connectivity index (χ3n) is 3.08. The number of thiophene rings is 1. The third-order valence-corrected chi connectivity index (χ3v) is 5.44. The highest BCUT2D eigenvalue weighted by Crippen LogP contribution is 2.41. The summed E-state index contributed by atoms with van der Waals surface area (Å²) in [6.45, 7) is 6.27. The molecule has 0 fully saturated rings. The lowest BCUT2D eigenvalue weighted by Crippen LogP contribution is -2.19. The van der Waals surface area contributed by atoms with Gasteiger partial charge < -0.3 is 4.74 Å². The number of rotatable bonds is 4. The Morgan fingerprint density at radius 2 is 2.16 bits per heavy atom. The molecule has 0 saturated heterocycles. The number of Topliss-reactive ketones (excluding diaryl/α,β-unsaturated/α-hetero) is 1. The summed E-state index contributed by atoms with van der Waals surface area (Å²) in [6.07, 6.45) is 1.39. The molecule has 0 amide bonds. The molecule has 1 aliphatic rings. The molecule has 19 heavy (non-hydrogen) atoms. The molecule has 1 aromatic rings. The van der Waals surface area contributed by atoms with Crippen molar-refractivity contribution in [1.29, 1.82) is 0 Å². The molecule has 3 nitrogen and oxygen atoms in total. The number of carbonyl (C=O) groups excluding carboxylic acids is 2. The first-order valence-electron chi connectivity index (χ1n) is 6.57. The number of esters is 1. The number of ketones is 1. The van der Waals surface area contributed by atoms with Crippen LogP contribution < -0.4 is 0 Å². The van der Waals surface area contributed by atoms with Crippen molar-refractivity contribution in [1.82, 2.24) is 0 Å². The van der Waals surface area contributed by atoms with Crippen molar-refractivity contribution in [2.45, 2.75) is 37.8 Å². The van der Waals surface area contributed by atoms with Gasteiger partial charge in [0.05, 0.1) is 10.8 Å². The summed E-state index contributed by atoms with van der Waals surface area (Å²) in [7, 11) is 0. The van der Waals surface area contributed by atoms with Gasteiger partial charge in [-0.3, -0.25) is 4.79 Å². The van der Waals surface area contributed by atoms with E-state index in [0.29, 0.717) is 23.8 Å². The van der Waals surface area contributed by atoms with Gasteiger partial charge in [0.2, 0.25) is 0 Å². The van der Waals surface area contributed by atoms with Crippen LogP contribution in [0.3, 0.4) is 0 Å². The maximum atomic E-state index is 12.2. The minimum Gasteiger partial charge on any atom is -0.462 e. The van der Waals surface area contributed by atoms with Crippen molar-refractivity contribution in [2.24, 2.45) is 5.92 Å². The summed E-state index contributed by atoms with van der Waals surface area (Å²) in [6, 6.07) is 0. The summed E-state index contributed by atoms with van der Waals surface area (Å²) in [5, 5.41) is 0. The fourth-order valence-electron chi connectivity index (χ4n) is 2.35. The summed E-state index contributed by atoms with van der Waals surface area (Å²) >= 11 is 3.06. The lowest BCUT2D eigenvalue weighted by atomic mass is 9.85. The molecule has 1 unspecified atom stereocenters. The lowest BCUT2D eigenvalue weighted by Gasteiger charge is -2.18. The average Bonchev–Trinajstić information content (AvgIpc) is 2.69. The SMILES string of the molecule is CCOC(=O)c1sc(SCC)c2c1CC(C)CC2=O. The molecule has 0 aromatic carbocycles. The predicted molar refractivity (Wildman–Crippen MR) is 78.5 cm³/mol. The highest BCUT2D eigenvalue weighted by Gasteiger charge is 2.32. The molecule has 0 aliphatic heterocycles. The van der Waals surface area contributed by atoms with Crippen molar-refractivity contribution in [3.63, 3.8) is 0 Å². The smallest absolute Gasteiger partial charge is 0.348 e. The zero-order valence-electron chi connectivity index (χ0n) is 11.4. The van der Waals surface area contributed by atoms with E-state index < -0.39 is 0 Å². The van der Waals surface area contributed by atoms with Gasteiger partial charge in [0.15, 0.2) is 5.78 Å². The standard InChI is InChI=1S/C14H18O3S2/c1-4-17-13(16)12-9-6-8(3)7-10(15)11(9)14(19-12)18-5-2/h8H,4-7H2,1-3H3. The first kappa shape index (κ1) is 14.6. The Kier molecular flexibility index (Phi) is 4.68. The van der Waals surface area contributed by atoms with Crippen LogP contribution in [0.15, 0.2) is 4.21 Å². The van der Waals surface area contributed by atoms with Crippen LogP contribution in [0.4, 0.5) is 0 Å². The maximum Gasteiger partial charge on any atom is 0.348 e. The van der Waals surface area contributed by atoms with E-state index >= 15 is 0 Å². The van der Waals surface area contributed by atoms with Gasteiger partial charge in [-0.2, -0.15) is 0 Å². The third kappa shape index (κ3) is 2.87. The van der Waals surface area contributed by atoms with Gasteiger partial charge in [0.1, 0.15) is 4.88 Å². The number of thioether (sulfide) groups is 1. The Morgan fingerprint density at radius 1 is 1.42 bits per heavy atom. The van der Waals surface area contributed by atoms with Crippen molar-refractivity contribution < 1.29 is 14.3 Å². The van der Waals surface area contributed by atoms with E-state index in [0.717, 1.165) is 27.5 Å². The summed E-state index contributed by atoms with van der Waals surface area (Å²) < 4.78 is 6.09. The van der Waals surface area contributed by atoms with Crippen LogP contribution in [-0.2, 0) is 11.2 Å². The second kappa shape index (κ2) is 6.09. The van der Waals surface area contributed by atoms with E-state index in [1.54, 1.807) is 18.7 Å². The number of carbonyl (C=O) groups is 2. The van der Waals surface area contributed by atoms with Crippen molar-refractivity contribution in [2.75, 3.05) is 12.4 Å². The lowest BCUT2D eigenvalue weighted by molar-refractivity contribution is 0.0530. The van der Waals surface area contributed by atoms with Gasteiger partial charge in [-0.25, -0.2) is 4.79 Å². The molecule has 1 aliphatic carbocycles. The predicted octanol–water partition coefficient (Wildman–Crippen LogP) is 3.80. The molecule has 1 aromatic heterocycles. The Hall–Kier alpha value is -0.810. The summed E-state index contributed by atoms with van der Waals surface area (Å²) in [4.78, 5) is 24.9. The number of hydrogen-bond acceptors (Lipinski definition) is 5. The van der Waals surface area contributed by atoms with Crippen LogP contribution in [0.25, 0.3) is 0 Å². The Morgan fingerprint density at radius 3 is 2.79 bits per heavy atom. The van der Waals surface area contributed by atoms with Gasteiger partial charge >= 0.3 is 5.97 Å². The van der Waals surface area contributed by atoms with Crippen molar-refractivity contribution >= 4 is 34.9 Å². The van der Waals surface area contributed by atoms with Gasteiger partial charge in [0, 0.05) is 12.0 Å². The maximum absolute atomic E-state index is 12.2. The van der Waals surface area contributed by atoms with Gasteiger partial charge in [0.25, 0.3) is 0 Å². The molecule has 1 heterocycles. The van der Waals surface area contributed by atoms with Gasteiger partial charge in [-0.1, -0.05) is 13.8 Å². The molecule has 2 rings (SSSR count). The molecule has 0 saturated carbocycles. The first-order chi connectivity index (χ1) is 9.08. The largest absolute Gasteiger partial charge is 0.462 e.